The number of benzene rings is 1. The van der Waals surface area contributed by atoms with Crippen molar-refractivity contribution in [1.29, 1.82) is 0 Å². The van der Waals surface area contributed by atoms with Crippen LogP contribution in [0.4, 0.5) is 5.69 Å². The summed E-state index contributed by atoms with van der Waals surface area (Å²) in [5, 5.41) is 15.0. The first kappa shape index (κ1) is 14.8. The number of rotatable bonds is 3. The van der Waals surface area contributed by atoms with Gasteiger partial charge >= 0.3 is 0 Å². The Morgan fingerprint density at radius 3 is 2.81 bits per heavy atom. The molecular formula is C16H16N2O3. The lowest BCUT2D eigenvalue weighted by atomic mass is 10.1. The number of aliphatic hydroxyl groups is 1. The van der Waals surface area contributed by atoms with Crippen molar-refractivity contribution in [1.82, 2.24) is 5.16 Å². The molecule has 0 aliphatic heterocycles. The van der Waals surface area contributed by atoms with Crippen molar-refractivity contribution >= 4 is 11.6 Å². The normalized spacial score (nSPS) is 9.86. The molecule has 5 nitrogen and oxygen atoms in total. The predicted octanol–water partition coefficient (Wildman–Crippen LogP) is 2.28. The third kappa shape index (κ3) is 3.71. The van der Waals surface area contributed by atoms with Crippen molar-refractivity contribution in [2.45, 2.75) is 20.3 Å². The van der Waals surface area contributed by atoms with E-state index in [4.69, 9.17) is 9.63 Å². The number of amides is 1. The number of nitrogens with one attached hydrogen (secondary N) is 1. The van der Waals surface area contributed by atoms with Gasteiger partial charge in [-0.3, -0.25) is 4.79 Å². The van der Waals surface area contributed by atoms with Crippen LogP contribution in [0.1, 0.15) is 33.7 Å². The first-order chi connectivity index (χ1) is 10.1. The highest BCUT2D eigenvalue weighted by Gasteiger charge is 2.14. The van der Waals surface area contributed by atoms with E-state index in [9.17, 15) is 4.79 Å². The number of anilines is 1. The van der Waals surface area contributed by atoms with Gasteiger partial charge in [0.15, 0.2) is 0 Å². The van der Waals surface area contributed by atoms with Crippen LogP contribution < -0.4 is 5.32 Å². The molecule has 0 spiro atoms. The third-order valence-corrected chi connectivity index (χ3v) is 2.90. The van der Waals surface area contributed by atoms with Crippen LogP contribution in [-0.2, 0) is 0 Å². The molecule has 1 aromatic heterocycles. The van der Waals surface area contributed by atoms with E-state index in [2.05, 4.69) is 22.3 Å². The van der Waals surface area contributed by atoms with Gasteiger partial charge in [-0.25, -0.2) is 0 Å². The van der Waals surface area contributed by atoms with E-state index in [1.54, 1.807) is 13.0 Å². The minimum Gasteiger partial charge on any atom is -0.395 e. The van der Waals surface area contributed by atoms with Gasteiger partial charge < -0.3 is 14.9 Å². The van der Waals surface area contributed by atoms with Crippen LogP contribution in [0.2, 0.25) is 0 Å². The Bertz CT molecular complexity index is 708. The predicted molar refractivity (Wildman–Crippen MR) is 79.0 cm³/mol. The van der Waals surface area contributed by atoms with Gasteiger partial charge in [0.1, 0.15) is 0 Å². The van der Waals surface area contributed by atoms with Gasteiger partial charge in [-0.2, -0.15) is 0 Å². The van der Waals surface area contributed by atoms with Crippen molar-refractivity contribution in [2.24, 2.45) is 0 Å². The first-order valence-electron chi connectivity index (χ1n) is 6.55. The van der Waals surface area contributed by atoms with Crippen molar-refractivity contribution in [2.75, 3.05) is 11.9 Å². The lowest BCUT2D eigenvalue weighted by Gasteiger charge is -2.06. The molecule has 0 fully saturated rings. The van der Waals surface area contributed by atoms with Crippen LogP contribution in [-0.4, -0.2) is 22.8 Å². The van der Waals surface area contributed by atoms with Gasteiger partial charge in [0.25, 0.3) is 5.91 Å². The summed E-state index contributed by atoms with van der Waals surface area (Å²) >= 11 is 0. The van der Waals surface area contributed by atoms with E-state index in [-0.39, 0.29) is 18.3 Å². The molecule has 0 aliphatic carbocycles. The van der Waals surface area contributed by atoms with E-state index < -0.39 is 0 Å². The molecule has 2 aromatic rings. The highest BCUT2D eigenvalue weighted by molar-refractivity contribution is 6.03. The maximum absolute atomic E-state index is 12.0. The van der Waals surface area contributed by atoms with Gasteiger partial charge in [-0.05, 0) is 37.6 Å². The topological polar surface area (TPSA) is 75.4 Å². The molecule has 0 radical (unpaired) electrons. The number of carbonyl (C=O) groups is 1. The maximum Gasteiger partial charge on any atom is 0.294 e. The third-order valence-electron chi connectivity index (χ3n) is 2.90. The molecule has 0 unspecified atom stereocenters. The standard InChI is InChI=1S/C16H16N2O3/c1-11-9-14(7-6-13(11)5-3-4-8-19)18-16(20)15-12(2)10-17-21-15/h6-7,9-10,19H,4,8H2,1-2H3,(H,18,20). The summed E-state index contributed by atoms with van der Waals surface area (Å²) in [6.07, 6.45) is 1.95. The van der Waals surface area contributed by atoms with Gasteiger partial charge in [0.2, 0.25) is 5.76 Å². The van der Waals surface area contributed by atoms with Crippen LogP contribution >= 0.6 is 0 Å². The number of aryl methyl sites for hydroxylation is 2. The zero-order chi connectivity index (χ0) is 15.2. The Morgan fingerprint density at radius 2 is 2.19 bits per heavy atom. The van der Waals surface area contributed by atoms with Crippen LogP contribution in [0.15, 0.2) is 28.9 Å². The summed E-state index contributed by atoms with van der Waals surface area (Å²) < 4.78 is 4.91. The fourth-order valence-corrected chi connectivity index (χ4v) is 1.79. The summed E-state index contributed by atoms with van der Waals surface area (Å²) in [5.41, 5.74) is 3.18. The summed E-state index contributed by atoms with van der Waals surface area (Å²) in [6.45, 7) is 3.73. The zero-order valence-corrected chi connectivity index (χ0v) is 11.9. The van der Waals surface area contributed by atoms with Crippen molar-refractivity contribution in [3.63, 3.8) is 0 Å². The van der Waals surface area contributed by atoms with Crippen LogP contribution in [0.25, 0.3) is 0 Å². The minimum atomic E-state index is -0.330. The van der Waals surface area contributed by atoms with E-state index in [0.29, 0.717) is 17.7 Å². The molecule has 1 aromatic carbocycles. The van der Waals surface area contributed by atoms with Gasteiger partial charge in [0, 0.05) is 23.2 Å². The second-order valence-corrected chi connectivity index (χ2v) is 4.60. The summed E-state index contributed by atoms with van der Waals surface area (Å²) in [5.74, 6) is 5.73. The Balaban J connectivity index is 2.12. The Morgan fingerprint density at radius 1 is 1.38 bits per heavy atom. The maximum atomic E-state index is 12.0. The van der Waals surface area contributed by atoms with E-state index in [1.807, 2.05) is 19.1 Å². The lowest BCUT2D eigenvalue weighted by Crippen LogP contribution is -2.12. The molecule has 108 valence electrons. The molecule has 2 N–H and O–H groups in total. The van der Waals surface area contributed by atoms with E-state index >= 15 is 0 Å². The molecule has 0 atom stereocenters. The first-order valence-corrected chi connectivity index (χ1v) is 6.55. The van der Waals surface area contributed by atoms with Gasteiger partial charge in [-0.1, -0.05) is 17.0 Å². The lowest BCUT2D eigenvalue weighted by molar-refractivity contribution is 0.0987. The molecule has 0 bridgehead atoms. The second kappa shape index (κ2) is 6.73. The zero-order valence-electron chi connectivity index (χ0n) is 11.9. The minimum absolute atomic E-state index is 0.0523. The second-order valence-electron chi connectivity index (χ2n) is 4.60. The number of hydrogen-bond acceptors (Lipinski definition) is 4. The molecule has 0 saturated heterocycles. The van der Waals surface area contributed by atoms with Gasteiger partial charge in [-0.15, -0.1) is 0 Å². The van der Waals surface area contributed by atoms with Crippen LogP contribution in [0, 0.1) is 25.7 Å². The molecule has 2 rings (SSSR count). The summed E-state index contributed by atoms with van der Waals surface area (Å²) in [6, 6.07) is 5.45. The largest absolute Gasteiger partial charge is 0.395 e. The molecule has 0 aliphatic rings. The molecular weight excluding hydrogens is 268 g/mol. The summed E-state index contributed by atoms with van der Waals surface area (Å²) in [4.78, 5) is 12.0. The number of aromatic nitrogens is 1. The average molecular weight is 284 g/mol. The van der Waals surface area contributed by atoms with Crippen LogP contribution in [0.5, 0.6) is 0 Å². The highest BCUT2D eigenvalue weighted by atomic mass is 16.5. The highest BCUT2D eigenvalue weighted by Crippen LogP contribution is 2.16. The molecule has 1 amide bonds. The monoisotopic (exact) mass is 284 g/mol. The van der Waals surface area contributed by atoms with Crippen molar-refractivity contribution in [3.05, 3.63) is 46.8 Å². The number of carbonyl (C=O) groups excluding carboxylic acids is 1. The van der Waals surface area contributed by atoms with Crippen LogP contribution in [0.3, 0.4) is 0 Å². The van der Waals surface area contributed by atoms with Crippen molar-refractivity contribution < 1.29 is 14.4 Å². The molecule has 1 heterocycles. The number of aliphatic hydroxyl groups excluding tert-OH is 1. The molecule has 0 saturated carbocycles. The SMILES string of the molecule is Cc1cc(NC(=O)c2oncc2C)ccc1C#CCCO. The number of nitrogens with zero attached hydrogens (tertiary/aromatic N) is 1. The Hall–Kier alpha value is -2.58. The Labute approximate surface area is 123 Å². The van der Waals surface area contributed by atoms with Gasteiger partial charge in [0.05, 0.1) is 12.8 Å². The summed E-state index contributed by atoms with van der Waals surface area (Å²) in [7, 11) is 0. The number of hydrogen-bond donors (Lipinski definition) is 2. The smallest absolute Gasteiger partial charge is 0.294 e. The van der Waals surface area contributed by atoms with E-state index in [0.717, 1.165) is 11.1 Å². The van der Waals surface area contributed by atoms with Crippen molar-refractivity contribution in [3.8, 4) is 11.8 Å². The average Bonchev–Trinajstić information content (AvgIpc) is 2.88. The molecule has 21 heavy (non-hydrogen) atoms. The fourth-order valence-electron chi connectivity index (χ4n) is 1.79. The van der Waals surface area contributed by atoms with E-state index in [1.165, 1.54) is 6.20 Å². The quantitative estimate of drug-likeness (QED) is 0.848. The fraction of sp³-hybridized carbons (Fsp3) is 0.250. The molecule has 5 heteroatoms. The Kier molecular flexibility index (Phi) is 4.75.